The van der Waals surface area contributed by atoms with Crippen molar-refractivity contribution < 1.29 is 23.5 Å². The third-order valence-corrected chi connectivity index (χ3v) is 12.5. The number of fused-ring (bicyclic) bond motifs is 3. The van der Waals surface area contributed by atoms with Crippen molar-refractivity contribution in [2.75, 3.05) is 16.4 Å². The van der Waals surface area contributed by atoms with Gasteiger partial charge in [0.05, 0.1) is 29.7 Å². The number of rotatable bonds is 9. The van der Waals surface area contributed by atoms with Crippen LogP contribution in [0.1, 0.15) is 42.1 Å². The van der Waals surface area contributed by atoms with Gasteiger partial charge in [0.2, 0.25) is 14.3 Å². The van der Waals surface area contributed by atoms with Crippen LogP contribution in [0, 0.1) is 5.92 Å². The van der Waals surface area contributed by atoms with Crippen molar-refractivity contribution in [1.82, 2.24) is 15.0 Å². The molecular formula is C36H40FN5O4Si. The van der Waals surface area contributed by atoms with Crippen LogP contribution in [0.15, 0.2) is 79.0 Å². The average Bonchev–Trinajstić information content (AvgIpc) is 3.70. The Kier molecular flexibility index (Phi) is 8.10. The number of aryl methyl sites for hydroxylation is 2. The van der Waals surface area contributed by atoms with Gasteiger partial charge in [0.15, 0.2) is 5.60 Å². The number of hydrogen-bond donors (Lipinski definition) is 1. The molecule has 244 valence electrons. The average molecular weight is 654 g/mol. The molecule has 0 radical (unpaired) electrons. The summed E-state index contributed by atoms with van der Waals surface area (Å²) in [6, 6.07) is 23.5. The zero-order valence-electron chi connectivity index (χ0n) is 27.0. The van der Waals surface area contributed by atoms with Crippen LogP contribution < -0.4 is 9.80 Å². The number of aromatic nitrogens is 3. The lowest BCUT2D eigenvalue weighted by atomic mass is 9.82. The van der Waals surface area contributed by atoms with E-state index in [0.717, 1.165) is 40.2 Å². The Balaban J connectivity index is 1.16. The van der Waals surface area contributed by atoms with E-state index in [1.54, 1.807) is 33.8 Å². The van der Waals surface area contributed by atoms with Gasteiger partial charge in [-0.05, 0) is 61.3 Å². The summed E-state index contributed by atoms with van der Waals surface area (Å²) in [5.74, 6) is -0.495. The molecule has 0 unspecified atom stereocenters. The number of halogens is 1. The van der Waals surface area contributed by atoms with Crippen molar-refractivity contribution in [3.05, 3.63) is 101 Å². The minimum absolute atomic E-state index is 0.0109. The Hall–Kier alpha value is -4.19. The number of aliphatic hydroxyl groups excluding tert-OH is 1. The maximum absolute atomic E-state index is 16.2. The molecule has 7 rings (SSSR count). The second kappa shape index (κ2) is 12.1. The van der Waals surface area contributed by atoms with Crippen LogP contribution in [0.3, 0.4) is 0 Å². The van der Waals surface area contributed by atoms with Crippen LogP contribution in [-0.4, -0.2) is 53.0 Å². The number of amides is 2. The van der Waals surface area contributed by atoms with E-state index in [4.69, 9.17) is 4.74 Å². The van der Waals surface area contributed by atoms with Crippen molar-refractivity contribution in [2.45, 2.75) is 76.0 Å². The molecule has 3 aliphatic heterocycles. The number of aliphatic hydroxyl groups is 1. The third-order valence-electron chi connectivity index (χ3n) is 10.1. The van der Waals surface area contributed by atoms with E-state index in [1.807, 2.05) is 73.7 Å². The molecule has 4 heterocycles. The summed E-state index contributed by atoms with van der Waals surface area (Å²) in [7, 11) is -3.30. The highest BCUT2D eigenvalue weighted by atomic mass is 28.4. The predicted octanol–water partition coefficient (Wildman–Crippen LogP) is 5.84. The van der Waals surface area contributed by atoms with Gasteiger partial charge in [-0.3, -0.25) is 19.2 Å². The highest BCUT2D eigenvalue weighted by Gasteiger charge is 2.66. The van der Waals surface area contributed by atoms with Gasteiger partial charge in [-0.1, -0.05) is 60.7 Å². The number of hydrogen-bond acceptors (Lipinski definition) is 6. The molecule has 9 nitrogen and oxygen atoms in total. The van der Waals surface area contributed by atoms with Crippen LogP contribution in [-0.2, 0) is 45.9 Å². The monoisotopic (exact) mass is 653 g/mol. The van der Waals surface area contributed by atoms with Crippen molar-refractivity contribution in [1.29, 1.82) is 0 Å². The second-order valence-electron chi connectivity index (χ2n) is 13.4. The predicted molar refractivity (Wildman–Crippen MR) is 179 cm³/mol. The zero-order valence-corrected chi connectivity index (χ0v) is 28.0. The van der Waals surface area contributed by atoms with Gasteiger partial charge in [0.25, 0.3) is 5.91 Å². The van der Waals surface area contributed by atoms with Gasteiger partial charge in [-0.2, -0.15) is 0 Å². The summed E-state index contributed by atoms with van der Waals surface area (Å²) < 4.78 is 24.7. The molecule has 47 heavy (non-hydrogen) atoms. The molecule has 1 saturated heterocycles. The highest BCUT2D eigenvalue weighted by molar-refractivity contribution is 6.72. The van der Waals surface area contributed by atoms with E-state index >= 15 is 4.11 Å². The normalized spacial score (nSPS) is 23.9. The smallest absolute Gasteiger partial charge is 0.264 e. The number of ether oxygens (including phenoxy) is 1. The summed E-state index contributed by atoms with van der Waals surface area (Å²) in [5, 5.41) is 17.5. The largest absolute Gasteiger partial charge is 0.396 e. The van der Waals surface area contributed by atoms with Crippen molar-refractivity contribution in [2.24, 2.45) is 5.92 Å². The Morgan fingerprint density at radius 2 is 1.72 bits per heavy atom. The zero-order chi connectivity index (χ0) is 32.9. The fourth-order valence-electron chi connectivity index (χ4n) is 8.01. The number of para-hydroxylation sites is 2. The lowest BCUT2D eigenvalue weighted by molar-refractivity contribution is -0.146. The van der Waals surface area contributed by atoms with E-state index in [2.05, 4.69) is 16.4 Å². The Morgan fingerprint density at radius 1 is 1.00 bits per heavy atom. The molecule has 0 aliphatic carbocycles. The van der Waals surface area contributed by atoms with Crippen LogP contribution in [0.25, 0.3) is 0 Å². The quantitative estimate of drug-likeness (QED) is 0.180. The number of carbonyl (C=O) groups is 2. The summed E-state index contributed by atoms with van der Waals surface area (Å²) in [5.41, 5.74) is 4.30. The summed E-state index contributed by atoms with van der Waals surface area (Å²) in [4.78, 5) is 31.2. The van der Waals surface area contributed by atoms with E-state index in [-0.39, 0.29) is 24.3 Å². The van der Waals surface area contributed by atoms with E-state index < -0.39 is 25.7 Å². The van der Waals surface area contributed by atoms with Gasteiger partial charge >= 0.3 is 0 Å². The molecule has 4 atom stereocenters. The van der Waals surface area contributed by atoms with Crippen LogP contribution >= 0.6 is 0 Å². The first-order valence-corrected chi connectivity index (χ1v) is 19.3. The summed E-state index contributed by atoms with van der Waals surface area (Å²) in [6.45, 7) is 6.14. The minimum atomic E-state index is -3.30. The molecule has 0 bridgehead atoms. The summed E-state index contributed by atoms with van der Waals surface area (Å²) >= 11 is 0. The molecule has 11 heteroatoms. The van der Waals surface area contributed by atoms with E-state index in [9.17, 15) is 14.7 Å². The maximum Gasteiger partial charge on any atom is 0.264 e. The Labute approximate surface area is 275 Å². The van der Waals surface area contributed by atoms with Gasteiger partial charge < -0.3 is 18.9 Å². The van der Waals surface area contributed by atoms with Crippen LogP contribution in [0.2, 0.25) is 18.6 Å². The lowest BCUT2D eigenvalue weighted by Crippen LogP contribution is -2.45. The molecular weight excluding hydrogens is 614 g/mol. The fourth-order valence-corrected chi connectivity index (χ4v) is 10.6. The SMILES string of the molecule is C[C@@H]1[C@@H]([Si](C)(C)F)[C@H](CCn2cc(CCO)nn2)O[C@@]12C(=O)N(Cc1ccc(N3C(=O)CCc4ccccc43)cc1)c1ccccc12. The number of nitrogens with zero attached hydrogens (tertiary/aromatic N) is 5. The Morgan fingerprint density at radius 3 is 2.47 bits per heavy atom. The van der Waals surface area contributed by atoms with Gasteiger partial charge in [-0.25, -0.2) is 0 Å². The molecule has 1 N–H and O–H groups in total. The van der Waals surface area contributed by atoms with Gasteiger partial charge in [-0.15, -0.1) is 5.10 Å². The first-order valence-electron chi connectivity index (χ1n) is 16.4. The molecule has 1 spiro atoms. The molecule has 3 aromatic carbocycles. The number of carbonyl (C=O) groups excluding carboxylic acids is 2. The van der Waals surface area contributed by atoms with E-state index in [1.165, 1.54) is 0 Å². The van der Waals surface area contributed by atoms with Crippen LogP contribution in [0.5, 0.6) is 0 Å². The minimum Gasteiger partial charge on any atom is -0.396 e. The summed E-state index contributed by atoms with van der Waals surface area (Å²) in [6.07, 6.45) is 3.40. The topological polar surface area (TPSA) is 101 Å². The number of anilines is 3. The Bertz CT molecular complexity index is 1810. The third kappa shape index (κ3) is 5.40. The maximum atomic E-state index is 16.2. The second-order valence-corrected chi connectivity index (χ2v) is 17.2. The van der Waals surface area contributed by atoms with Crippen molar-refractivity contribution in [3.63, 3.8) is 0 Å². The molecule has 3 aliphatic rings. The van der Waals surface area contributed by atoms with Gasteiger partial charge in [0.1, 0.15) is 0 Å². The molecule has 1 fully saturated rings. The standard InChI is InChI=1S/C36H40FN5O4Si/c1-24-34(47(2,3)37)32(18-20-40-23-27(19-21-43)38-39-40)46-36(24)29-9-5-7-11-31(29)41(35(36)45)22-25-12-15-28(16-13-25)42-30-10-6-4-8-26(30)14-17-33(42)44/h4-13,15-16,23-24,32,34,43H,14,17-22H2,1-3H3/t24-,32+,34-,36+/m1/s1. The van der Waals surface area contributed by atoms with Crippen molar-refractivity contribution in [3.8, 4) is 0 Å². The first kappa shape index (κ1) is 31.4. The fraction of sp³-hybridized carbons (Fsp3) is 0.389. The van der Waals surface area contributed by atoms with Crippen LogP contribution in [0.4, 0.5) is 21.2 Å². The number of benzene rings is 3. The molecule has 4 aromatic rings. The first-order chi connectivity index (χ1) is 22.6. The van der Waals surface area contributed by atoms with E-state index in [0.29, 0.717) is 38.0 Å². The molecule has 2 amide bonds. The molecule has 0 saturated carbocycles. The molecule has 1 aromatic heterocycles. The van der Waals surface area contributed by atoms with Gasteiger partial charge in [0, 0.05) is 54.9 Å². The lowest BCUT2D eigenvalue weighted by Gasteiger charge is -2.31. The van der Waals surface area contributed by atoms with Crippen molar-refractivity contribution >= 4 is 37.3 Å². The highest BCUT2D eigenvalue weighted by Crippen LogP contribution is 2.60.